The van der Waals surface area contributed by atoms with E-state index in [0.717, 1.165) is 65.8 Å². The van der Waals surface area contributed by atoms with Crippen LogP contribution < -0.4 is 5.32 Å². The first-order chi connectivity index (χ1) is 16.7. The van der Waals surface area contributed by atoms with Gasteiger partial charge in [-0.15, -0.1) is 0 Å². The summed E-state index contributed by atoms with van der Waals surface area (Å²) in [5.41, 5.74) is 4.90. The van der Waals surface area contributed by atoms with Crippen molar-refractivity contribution in [3.8, 4) is 0 Å². The second-order valence-electron chi connectivity index (χ2n) is 11.3. The molecule has 0 spiro atoms. The number of aryl methyl sites for hydroxylation is 2. The van der Waals surface area contributed by atoms with Gasteiger partial charge >= 0.3 is 5.97 Å². The molecule has 0 saturated heterocycles. The quantitative estimate of drug-likeness (QED) is 0.339. The molecule has 190 valence electrons. The zero-order valence-corrected chi connectivity index (χ0v) is 21.6. The molecule has 2 saturated carbocycles. The maximum absolute atomic E-state index is 13.1. The van der Waals surface area contributed by atoms with Crippen molar-refractivity contribution < 1.29 is 19.2 Å². The van der Waals surface area contributed by atoms with E-state index >= 15 is 0 Å². The fourth-order valence-electron chi connectivity index (χ4n) is 5.38. The van der Waals surface area contributed by atoms with Gasteiger partial charge in [0.15, 0.2) is 0 Å². The van der Waals surface area contributed by atoms with E-state index in [1.807, 2.05) is 32.0 Å². The number of rotatable bonds is 12. The highest BCUT2D eigenvalue weighted by molar-refractivity contribution is 5.92. The Hall–Kier alpha value is -2.63. The number of carbonyl (C=O) groups excluding carboxylic acids is 1. The van der Waals surface area contributed by atoms with Gasteiger partial charge < -0.3 is 14.9 Å². The Morgan fingerprint density at radius 1 is 1.14 bits per heavy atom. The Balaban J connectivity index is 1.50. The fraction of sp³-hybridized carbons (Fsp3) is 0.621. The number of carboxylic acids is 1. The largest absolute Gasteiger partial charge is 0.481 e. The van der Waals surface area contributed by atoms with E-state index in [-0.39, 0.29) is 24.7 Å². The highest BCUT2D eigenvalue weighted by Gasteiger charge is 2.41. The van der Waals surface area contributed by atoms with Crippen LogP contribution in [-0.2, 0) is 9.59 Å². The van der Waals surface area contributed by atoms with Crippen LogP contribution >= 0.6 is 0 Å². The first-order valence-electron chi connectivity index (χ1n) is 13.3. The summed E-state index contributed by atoms with van der Waals surface area (Å²) in [6, 6.07) is 5.98. The summed E-state index contributed by atoms with van der Waals surface area (Å²) in [5.74, 6) is 2.13. The molecule has 4 rings (SSSR count). The van der Waals surface area contributed by atoms with Gasteiger partial charge in [-0.05, 0) is 80.9 Å². The Morgan fingerprint density at radius 3 is 2.54 bits per heavy atom. The number of hydrogen-bond acceptors (Lipinski definition) is 4. The van der Waals surface area contributed by atoms with E-state index < -0.39 is 5.97 Å². The molecule has 1 aromatic carbocycles. The number of nitrogens with one attached hydrogen (secondary N) is 1. The van der Waals surface area contributed by atoms with Crippen molar-refractivity contribution in [3.63, 3.8) is 0 Å². The zero-order chi connectivity index (χ0) is 25.1. The first kappa shape index (κ1) is 25.5. The summed E-state index contributed by atoms with van der Waals surface area (Å²) in [4.78, 5) is 24.5. The topological polar surface area (TPSA) is 92.4 Å². The third kappa shape index (κ3) is 6.53. The monoisotopic (exact) mass is 480 g/mol. The number of carboxylic acid groups (broad SMARTS) is 1. The van der Waals surface area contributed by atoms with E-state index in [0.29, 0.717) is 18.3 Å². The third-order valence-corrected chi connectivity index (χ3v) is 7.72. The fourth-order valence-corrected chi connectivity index (χ4v) is 5.38. The molecule has 35 heavy (non-hydrogen) atoms. The number of anilines is 1. The zero-order valence-electron chi connectivity index (χ0n) is 21.6. The molecule has 0 bridgehead atoms. The van der Waals surface area contributed by atoms with Gasteiger partial charge in [-0.1, -0.05) is 44.0 Å². The van der Waals surface area contributed by atoms with Crippen LogP contribution in [0.4, 0.5) is 5.69 Å². The van der Waals surface area contributed by atoms with Crippen LogP contribution in [0.3, 0.4) is 0 Å². The smallest absolute Gasteiger partial charge is 0.303 e. The van der Waals surface area contributed by atoms with Crippen molar-refractivity contribution in [2.45, 2.75) is 103 Å². The molecule has 2 fully saturated rings. The Bertz CT molecular complexity index is 1050. The number of hydrogen-bond donors (Lipinski definition) is 2. The lowest BCUT2D eigenvalue weighted by atomic mass is 9.70. The van der Waals surface area contributed by atoms with E-state index in [4.69, 9.17) is 4.52 Å². The van der Waals surface area contributed by atoms with E-state index in [2.05, 4.69) is 24.3 Å². The SMILES string of the molecule is Cc1ccc(C)c(NC(=O)CC(CCC(=O)O)c2noc(C3CC(CCC(C)C)C3)c2C2CC2)c1. The number of amides is 1. The minimum Gasteiger partial charge on any atom is -0.481 e. The molecular formula is C29H40N2O4. The van der Waals surface area contributed by atoms with Crippen molar-refractivity contribution >= 4 is 17.6 Å². The molecule has 1 atom stereocenters. The van der Waals surface area contributed by atoms with Gasteiger partial charge in [-0.3, -0.25) is 9.59 Å². The molecule has 1 amide bonds. The van der Waals surface area contributed by atoms with Gasteiger partial charge in [0.1, 0.15) is 5.76 Å². The number of carbonyl (C=O) groups is 2. The number of benzene rings is 1. The molecule has 6 heteroatoms. The normalized spacial score (nSPS) is 20.5. The molecule has 2 N–H and O–H groups in total. The molecule has 6 nitrogen and oxygen atoms in total. The lowest BCUT2D eigenvalue weighted by Gasteiger charge is -2.34. The lowest BCUT2D eigenvalue weighted by Crippen LogP contribution is -2.23. The van der Waals surface area contributed by atoms with Crippen LogP contribution in [0.25, 0.3) is 0 Å². The summed E-state index contributed by atoms with van der Waals surface area (Å²) in [6.45, 7) is 8.52. The first-order valence-corrected chi connectivity index (χ1v) is 13.3. The number of aliphatic carboxylic acids is 1. The van der Waals surface area contributed by atoms with Gasteiger partial charge in [-0.25, -0.2) is 0 Å². The van der Waals surface area contributed by atoms with Crippen LogP contribution in [0.1, 0.15) is 118 Å². The standard InChI is InChI=1S/C29H40N2O4/c1-17(2)5-8-20-14-23(15-20)29-27(21-9-10-21)28(31-35-29)22(11-12-26(33)34)16-25(32)30-24-13-18(3)6-7-19(24)4/h6-7,13,17,20-23H,5,8-12,14-16H2,1-4H3,(H,30,32)(H,33,34). The Kier molecular flexibility index (Phi) is 7.98. The molecule has 2 aliphatic carbocycles. The van der Waals surface area contributed by atoms with Crippen LogP contribution in [0.15, 0.2) is 22.7 Å². The third-order valence-electron chi connectivity index (χ3n) is 7.72. The van der Waals surface area contributed by atoms with Gasteiger partial charge in [0.05, 0.1) is 5.69 Å². The average Bonchev–Trinajstić information content (AvgIpc) is 3.51. The lowest BCUT2D eigenvalue weighted by molar-refractivity contribution is -0.137. The summed E-state index contributed by atoms with van der Waals surface area (Å²) >= 11 is 0. The van der Waals surface area contributed by atoms with Crippen LogP contribution in [0, 0.1) is 25.7 Å². The minimum atomic E-state index is -0.853. The van der Waals surface area contributed by atoms with Crippen molar-refractivity contribution in [2.24, 2.45) is 11.8 Å². The Labute approximate surface area is 208 Å². The molecule has 2 aromatic rings. The molecule has 1 heterocycles. The summed E-state index contributed by atoms with van der Waals surface area (Å²) in [5, 5.41) is 16.9. The number of nitrogens with zero attached hydrogens (tertiary/aromatic N) is 1. The van der Waals surface area contributed by atoms with Gasteiger partial charge in [0.25, 0.3) is 0 Å². The summed E-state index contributed by atoms with van der Waals surface area (Å²) < 4.78 is 5.97. The molecule has 0 aliphatic heterocycles. The predicted octanol–water partition coefficient (Wildman–Crippen LogP) is 7.08. The van der Waals surface area contributed by atoms with Gasteiger partial charge in [-0.2, -0.15) is 0 Å². The maximum Gasteiger partial charge on any atom is 0.303 e. The second-order valence-corrected chi connectivity index (χ2v) is 11.3. The highest BCUT2D eigenvalue weighted by atomic mass is 16.5. The summed E-state index contributed by atoms with van der Waals surface area (Å²) in [6.07, 6.45) is 7.65. The van der Waals surface area contributed by atoms with Crippen molar-refractivity contribution in [1.82, 2.24) is 5.16 Å². The van der Waals surface area contributed by atoms with Gasteiger partial charge in [0.2, 0.25) is 5.91 Å². The van der Waals surface area contributed by atoms with Crippen molar-refractivity contribution in [1.29, 1.82) is 0 Å². The van der Waals surface area contributed by atoms with E-state index in [1.54, 1.807) is 0 Å². The van der Waals surface area contributed by atoms with Crippen LogP contribution in [-0.4, -0.2) is 22.1 Å². The second kappa shape index (κ2) is 11.0. The predicted molar refractivity (Wildman–Crippen MR) is 137 cm³/mol. The minimum absolute atomic E-state index is 0.00836. The van der Waals surface area contributed by atoms with Gasteiger partial charge in [0, 0.05) is 35.9 Å². The van der Waals surface area contributed by atoms with E-state index in [9.17, 15) is 14.7 Å². The molecule has 2 aliphatic rings. The number of aromatic nitrogens is 1. The van der Waals surface area contributed by atoms with Crippen LogP contribution in [0.5, 0.6) is 0 Å². The molecule has 1 unspecified atom stereocenters. The molecule has 0 radical (unpaired) electrons. The Morgan fingerprint density at radius 2 is 1.89 bits per heavy atom. The highest BCUT2D eigenvalue weighted by Crippen LogP contribution is 2.52. The average molecular weight is 481 g/mol. The molecule has 1 aromatic heterocycles. The summed E-state index contributed by atoms with van der Waals surface area (Å²) in [7, 11) is 0. The van der Waals surface area contributed by atoms with Crippen molar-refractivity contribution in [3.05, 3.63) is 46.3 Å². The van der Waals surface area contributed by atoms with Crippen molar-refractivity contribution in [2.75, 3.05) is 5.32 Å². The van der Waals surface area contributed by atoms with E-state index in [1.165, 1.54) is 18.4 Å². The maximum atomic E-state index is 13.1. The van der Waals surface area contributed by atoms with Crippen LogP contribution in [0.2, 0.25) is 0 Å². The molecular weight excluding hydrogens is 440 g/mol.